The Morgan fingerprint density at radius 3 is 2.57 bits per heavy atom. The zero-order valence-electron chi connectivity index (χ0n) is 7.93. The molecule has 1 aliphatic carbocycles. The molecule has 0 amide bonds. The highest BCUT2D eigenvalue weighted by Crippen LogP contribution is 2.24. The van der Waals surface area contributed by atoms with Crippen molar-refractivity contribution in [3.63, 3.8) is 0 Å². The molecule has 0 heterocycles. The summed E-state index contributed by atoms with van der Waals surface area (Å²) in [5.41, 5.74) is 1.27. The normalized spacial score (nSPS) is 28.1. The van der Waals surface area contributed by atoms with Crippen LogP contribution in [0, 0.1) is 5.92 Å². The Kier molecular flexibility index (Phi) is 4.78. The van der Waals surface area contributed by atoms with Gasteiger partial charge in [-0.25, -0.2) is 0 Å². The zero-order valence-corrected chi connectivity index (χ0v) is 10.4. The third-order valence-electron chi connectivity index (χ3n) is 2.26. The average Bonchev–Trinajstić information content (AvgIpc) is 2.18. The standard InChI is InChI=1S/C10H12OS3/c1-2-3-7-4-5-8(11-6-12)10(14)9(7)13/h2-3,6-8H,4-5H2,1H3/b3-2+. The smallest absolute Gasteiger partial charge is 0.147 e. The van der Waals surface area contributed by atoms with Crippen LogP contribution < -0.4 is 0 Å². The van der Waals surface area contributed by atoms with Crippen LogP contribution in [0.5, 0.6) is 0 Å². The van der Waals surface area contributed by atoms with Gasteiger partial charge in [0.15, 0.2) is 0 Å². The molecule has 1 fully saturated rings. The topological polar surface area (TPSA) is 9.23 Å². The van der Waals surface area contributed by atoms with E-state index < -0.39 is 0 Å². The van der Waals surface area contributed by atoms with E-state index in [0.717, 1.165) is 22.6 Å². The summed E-state index contributed by atoms with van der Waals surface area (Å²) in [6.07, 6.45) is 5.94. The van der Waals surface area contributed by atoms with Crippen LogP contribution >= 0.6 is 36.7 Å². The van der Waals surface area contributed by atoms with Gasteiger partial charge in [-0.3, -0.25) is 0 Å². The van der Waals surface area contributed by atoms with Gasteiger partial charge >= 0.3 is 0 Å². The Balaban J connectivity index is 2.69. The molecule has 2 unspecified atom stereocenters. The van der Waals surface area contributed by atoms with E-state index in [0.29, 0.717) is 5.92 Å². The predicted molar refractivity (Wildman–Crippen MR) is 71.3 cm³/mol. The third kappa shape index (κ3) is 2.65. The maximum Gasteiger partial charge on any atom is 0.147 e. The average molecular weight is 244 g/mol. The van der Waals surface area contributed by atoms with Gasteiger partial charge in [-0.05, 0) is 32.0 Å². The molecular weight excluding hydrogens is 232 g/mol. The summed E-state index contributed by atoms with van der Waals surface area (Å²) in [5, 5.41) is 0. The highest BCUT2D eigenvalue weighted by Gasteiger charge is 2.29. The lowest BCUT2D eigenvalue weighted by Gasteiger charge is -2.27. The summed E-state index contributed by atoms with van der Waals surface area (Å²) in [5.74, 6) is 0.312. The summed E-state index contributed by atoms with van der Waals surface area (Å²) in [7, 11) is 0. The Morgan fingerprint density at radius 2 is 2.00 bits per heavy atom. The SMILES string of the molecule is C/C=C/C1CCC(OC=S)C(=S)C1=S. The maximum atomic E-state index is 5.29. The Morgan fingerprint density at radius 1 is 1.29 bits per heavy atom. The van der Waals surface area contributed by atoms with Crippen LogP contribution in [0.15, 0.2) is 12.2 Å². The van der Waals surface area contributed by atoms with Crippen LogP contribution in [-0.4, -0.2) is 21.4 Å². The molecule has 0 aliphatic heterocycles. The number of allylic oxidation sites excluding steroid dienone is 2. The van der Waals surface area contributed by atoms with Crippen molar-refractivity contribution in [3.05, 3.63) is 12.2 Å². The van der Waals surface area contributed by atoms with Crippen LogP contribution in [0.3, 0.4) is 0 Å². The van der Waals surface area contributed by atoms with E-state index >= 15 is 0 Å². The summed E-state index contributed by atoms with van der Waals surface area (Å²) >= 11 is 15.2. The van der Waals surface area contributed by atoms with Gasteiger partial charge in [0.05, 0.1) is 4.86 Å². The van der Waals surface area contributed by atoms with Gasteiger partial charge < -0.3 is 4.74 Å². The van der Waals surface area contributed by atoms with Crippen molar-refractivity contribution in [2.75, 3.05) is 0 Å². The fourth-order valence-corrected chi connectivity index (χ4v) is 2.33. The van der Waals surface area contributed by atoms with Crippen molar-refractivity contribution in [2.45, 2.75) is 25.9 Å². The van der Waals surface area contributed by atoms with E-state index in [2.05, 4.69) is 18.3 Å². The molecule has 0 saturated heterocycles. The second-order valence-electron chi connectivity index (χ2n) is 3.16. The highest BCUT2D eigenvalue weighted by molar-refractivity contribution is 7.89. The number of rotatable bonds is 3. The zero-order chi connectivity index (χ0) is 10.6. The molecule has 0 radical (unpaired) electrons. The Bertz CT molecular complexity index is 283. The first-order valence-corrected chi connectivity index (χ1v) is 5.79. The predicted octanol–water partition coefficient (Wildman–Crippen LogP) is 3.05. The fourth-order valence-electron chi connectivity index (χ4n) is 1.55. The minimum absolute atomic E-state index is 0.0727. The molecular formula is C10H12OS3. The number of hydrogen-bond acceptors (Lipinski definition) is 4. The van der Waals surface area contributed by atoms with Gasteiger partial charge in [-0.1, -0.05) is 36.6 Å². The molecule has 0 spiro atoms. The summed E-state index contributed by atoms with van der Waals surface area (Å²) in [6, 6.07) is 0. The molecule has 1 aliphatic rings. The Labute approximate surface area is 101 Å². The van der Waals surface area contributed by atoms with E-state index in [1.54, 1.807) is 0 Å². The van der Waals surface area contributed by atoms with E-state index in [1.807, 2.05) is 13.0 Å². The van der Waals surface area contributed by atoms with E-state index in [-0.39, 0.29) is 6.10 Å². The summed E-state index contributed by atoms with van der Waals surface area (Å²) in [6.45, 7) is 1.99. The van der Waals surface area contributed by atoms with Gasteiger partial charge in [-0.2, -0.15) is 0 Å². The van der Waals surface area contributed by atoms with Crippen LogP contribution in [0.2, 0.25) is 0 Å². The summed E-state index contributed by atoms with van der Waals surface area (Å²) < 4.78 is 5.23. The van der Waals surface area contributed by atoms with E-state index in [4.69, 9.17) is 29.2 Å². The molecule has 0 aromatic carbocycles. The van der Waals surface area contributed by atoms with E-state index in [1.165, 1.54) is 5.55 Å². The second-order valence-corrected chi connectivity index (χ2v) is 4.23. The number of thiocarbonyl (C=S) groups is 3. The monoisotopic (exact) mass is 244 g/mol. The van der Waals surface area contributed by atoms with Gasteiger partial charge in [0.2, 0.25) is 0 Å². The minimum atomic E-state index is -0.0727. The molecule has 4 heteroatoms. The van der Waals surface area contributed by atoms with Crippen molar-refractivity contribution < 1.29 is 4.74 Å². The number of ether oxygens (including phenoxy) is 1. The largest absolute Gasteiger partial charge is 0.481 e. The molecule has 0 N–H and O–H groups in total. The maximum absolute atomic E-state index is 5.29. The lowest BCUT2D eigenvalue weighted by Crippen LogP contribution is -2.37. The van der Waals surface area contributed by atoms with Crippen molar-refractivity contribution >= 4 is 51.9 Å². The first-order chi connectivity index (χ1) is 6.70. The lowest BCUT2D eigenvalue weighted by molar-refractivity contribution is 0.255. The second kappa shape index (κ2) is 5.63. The molecule has 1 saturated carbocycles. The Hall–Kier alpha value is -0.190. The molecule has 76 valence electrons. The van der Waals surface area contributed by atoms with Crippen molar-refractivity contribution in [1.82, 2.24) is 0 Å². The van der Waals surface area contributed by atoms with Gasteiger partial charge in [0.1, 0.15) is 11.7 Å². The van der Waals surface area contributed by atoms with Gasteiger partial charge in [0.25, 0.3) is 0 Å². The van der Waals surface area contributed by atoms with Crippen molar-refractivity contribution in [1.29, 1.82) is 0 Å². The molecule has 14 heavy (non-hydrogen) atoms. The van der Waals surface area contributed by atoms with Crippen molar-refractivity contribution in [3.8, 4) is 0 Å². The number of hydrogen-bond donors (Lipinski definition) is 0. The highest BCUT2D eigenvalue weighted by atomic mass is 32.1. The fraction of sp³-hybridized carbons (Fsp3) is 0.500. The third-order valence-corrected chi connectivity index (χ3v) is 3.50. The van der Waals surface area contributed by atoms with Crippen LogP contribution in [0.25, 0.3) is 0 Å². The molecule has 1 nitrogen and oxygen atoms in total. The van der Waals surface area contributed by atoms with Crippen molar-refractivity contribution in [2.24, 2.45) is 5.92 Å². The summed E-state index contributed by atoms with van der Waals surface area (Å²) in [4.78, 5) is 1.58. The first-order valence-electron chi connectivity index (χ1n) is 4.50. The first kappa shape index (κ1) is 11.9. The van der Waals surface area contributed by atoms with Crippen LogP contribution in [0.4, 0.5) is 0 Å². The quantitative estimate of drug-likeness (QED) is 0.557. The molecule has 1 rings (SSSR count). The molecule has 0 bridgehead atoms. The molecule has 2 atom stereocenters. The van der Waals surface area contributed by atoms with Gasteiger partial charge in [-0.15, -0.1) is 0 Å². The van der Waals surface area contributed by atoms with E-state index in [9.17, 15) is 0 Å². The lowest BCUT2D eigenvalue weighted by atomic mass is 9.86. The minimum Gasteiger partial charge on any atom is -0.481 e. The van der Waals surface area contributed by atoms with Crippen LogP contribution in [0.1, 0.15) is 19.8 Å². The molecule has 0 aromatic rings. The van der Waals surface area contributed by atoms with Gasteiger partial charge in [0, 0.05) is 10.8 Å². The van der Waals surface area contributed by atoms with Crippen LogP contribution in [-0.2, 0) is 4.74 Å². The molecule has 0 aromatic heterocycles.